The van der Waals surface area contributed by atoms with Crippen molar-refractivity contribution < 1.29 is 15.0 Å². The number of carbonyl (C=O) groups is 1. The molecule has 1 aromatic rings. The third-order valence-corrected chi connectivity index (χ3v) is 1.69. The number of hydrazone groups is 1. The maximum Gasteiger partial charge on any atom is 0.268 e. The molecule has 3 N–H and O–H groups in total. The van der Waals surface area contributed by atoms with Crippen LogP contribution in [0.4, 0.5) is 0 Å². The molecule has 0 saturated carbocycles. The molecule has 0 fully saturated rings. The SMILES string of the molecule is C[C@@H](O)C(=O)N/N=C/c1ccccc1O. The molecular weight excluding hydrogens is 196 g/mol. The second-order valence-electron chi connectivity index (χ2n) is 2.97. The normalized spacial score (nSPS) is 12.7. The lowest BCUT2D eigenvalue weighted by Gasteiger charge is -2.01. The molecule has 5 heteroatoms. The highest BCUT2D eigenvalue weighted by Crippen LogP contribution is 2.12. The lowest BCUT2D eigenvalue weighted by molar-refractivity contribution is -0.128. The van der Waals surface area contributed by atoms with E-state index in [-0.39, 0.29) is 5.75 Å². The third-order valence-electron chi connectivity index (χ3n) is 1.69. The summed E-state index contributed by atoms with van der Waals surface area (Å²) in [5.74, 6) is -0.519. The number of carbonyl (C=O) groups excluding carboxylic acids is 1. The average Bonchev–Trinajstić information content (AvgIpc) is 2.20. The van der Waals surface area contributed by atoms with Crippen LogP contribution in [0.25, 0.3) is 0 Å². The zero-order valence-corrected chi connectivity index (χ0v) is 8.21. The van der Waals surface area contributed by atoms with E-state index in [1.54, 1.807) is 18.2 Å². The molecular formula is C10H12N2O3. The summed E-state index contributed by atoms with van der Waals surface area (Å²) in [6.07, 6.45) is 0.196. The van der Waals surface area contributed by atoms with Crippen LogP contribution in [-0.2, 0) is 4.79 Å². The molecule has 0 bridgehead atoms. The fraction of sp³-hybridized carbons (Fsp3) is 0.200. The van der Waals surface area contributed by atoms with E-state index in [9.17, 15) is 9.90 Å². The number of rotatable bonds is 3. The summed E-state index contributed by atoms with van der Waals surface area (Å²) in [6, 6.07) is 6.57. The Labute approximate surface area is 87.1 Å². The Morgan fingerprint density at radius 3 is 2.80 bits per heavy atom. The molecule has 0 aliphatic rings. The molecule has 0 unspecified atom stereocenters. The maximum absolute atomic E-state index is 10.9. The molecule has 1 rings (SSSR count). The van der Waals surface area contributed by atoms with Gasteiger partial charge in [0.15, 0.2) is 0 Å². The molecule has 1 atom stereocenters. The Bertz CT molecular complexity index is 375. The van der Waals surface area contributed by atoms with Crippen molar-refractivity contribution in [3.8, 4) is 5.75 Å². The molecule has 1 amide bonds. The number of aliphatic hydroxyl groups is 1. The van der Waals surface area contributed by atoms with Crippen LogP contribution in [0.15, 0.2) is 29.4 Å². The minimum Gasteiger partial charge on any atom is -0.507 e. The summed E-state index contributed by atoms with van der Waals surface area (Å²) in [4.78, 5) is 10.9. The summed E-state index contributed by atoms with van der Waals surface area (Å²) < 4.78 is 0. The molecule has 1 aromatic carbocycles. The molecule has 0 spiro atoms. The van der Waals surface area contributed by atoms with E-state index < -0.39 is 12.0 Å². The minimum atomic E-state index is -1.11. The number of hydrogen-bond acceptors (Lipinski definition) is 4. The molecule has 0 saturated heterocycles. The van der Waals surface area contributed by atoms with Gasteiger partial charge in [-0.25, -0.2) is 5.43 Å². The first-order valence-electron chi connectivity index (χ1n) is 4.40. The van der Waals surface area contributed by atoms with Gasteiger partial charge in [0.1, 0.15) is 11.9 Å². The molecule has 0 aliphatic carbocycles. The summed E-state index contributed by atoms with van der Waals surface area (Å²) in [6.45, 7) is 1.34. The van der Waals surface area contributed by atoms with Crippen molar-refractivity contribution in [2.45, 2.75) is 13.0 Å². The van der Waals surface area contributed by atoms with Crippen LogP contribution in [0, 0.1) is 0 Å². The Morgan fingerprint density at radius 2 is 2.20 bits per heavy atom. The van der Waals surface area contributed by atoms with Crippen molar-refractivity contribution in [2.75, 3.05) is 0 Å². The van der Waals surface area contributed by atoms with E-state index in [0.717, 1.165) is 0 Å². The Balaban J connectivity index is 2.59. The summed E-state index contributed by atoms with van der Waals surface area (Å²) in [7, 11) is 0. The lowest BCUT2D eigenvalue weighted by atomic mass is 10.2. The topological polar surface area (TPSA) is 81.9 Å². The van der Waals surface area contributed by atoms with Gasteiger partial charge >= 0.3 is 0 Å². The smallest absolute Gasteiger partial charge is 0.268 e. The van der Waals surface area contributed by atoms with Crippen LogP contribution in [0.5, 0.6) is 5.75 Å². The Morgan fingerprint density at radius 1 is 1.53 bits per heavy atom. The van der Waals surface area contributed by atoms with Gasteiger partial charge in [-0.1, -0.05) is 12.1 Å². The summed E-state index contributed by atoms with van der Waals surface area (Å²) >= 11 is 0. The predicted molar refractivity (Wildman–Crippen MR) is 55.5 cm³/mol. The van der Waals surface area contributed by atoms with Crippen molar-refractivity contribution in [1.82, 2.24) is 5.43 Å². The van der Waals surface area contributed by atoms with E-state index >= 15 is 0 Å². The van der Waals surface area contributed by atoms with Crippen molar-refractivity contribution >= 4 is 12.1 Å². The highest BCUT2D eigenvalue weighted by atomic mass is 16.3. The van der Waals surface area contributed by atoms with E-state index in [1.807, 2.05) is 0 Å². The first-order valence-corrected chi connectivity index (χ1v) is 4.40. The van der Waals surface area contributed by atoms with E-state index in [1.165, 1.54) is 19.2 Å². The van der Waals surface area contributed by atoms with Gasteiger partial charge in [0.2, 0.25) is 0 Å². The van der Waals surface area contributed by atoms with Gasteiger partial charge in [-0.15, -0.1) is 0 Å². The lowest BCUT2D eigenvalue weighted by Crippen LogP contribution is -2.28. The van der Waals surface area contributed by atoms with Crippen LogP contribution in [0.1, 0.15) is 12.5 Å². The van der Waals surface area contributed by atoms with Gasteiger partial charge in [-0.05, 0) is 19.1 Å². The molecule has 0 heterocycles. The quantitative estimate of drug-likeness (QED) is 0.491. The molecule has 15 heavy (non-hydrogen) atoms. The Hall–Kier alpha value is -1.88. The van der Waals surface area contributed by atoms with E-state index in [4.69, 9.17) is 5.11 Å². The van der Waals surface area contributed by atoms with Crippen LogP contribution in [-0.4, -0.2) is 28.4 Å². The third kappa shape index (κ3) is 3.40. The highest BCUT2D eigenvalue weighted by Gasteiger charge is 2.05. The van der Waals surface area contributed by atoms with Gasteiger partial charge in [0.05, 0.1) is 6.21 Å². The van der Waals surface area contributed by atoms with Crippen LogP contribution in [0.3, 0.4) is 0 Å². The van der Waals surface area contributed by atoms with Gasteiger partial charge in [0.25, 0.3) is 5.91 Å². The van der Waals surface area contributed by atoms with Crippen molar-refractivity contribution in [3.05, 3.63) is 29.8 Å². The van der Waals surface area contributed by atoms with Crippen molar-refractivity contribution in [1.29, 1.82) is 0 Å². The zero-order chi connectivity index (χ0) is 11.3. The second kappa shape index (κ2) is 5.11. The predicted octanol–water partition coefficient (Wildman–Crippen LogP) is 0.223. The minimum absolute atomic E-state index is 0.0764. The molecule has 5 nitrogen and oxygen atoms in total. The van der Waals surface area contributed by atoms with Crippen LogP contribution in [0.2, 0.25) is 0 Å². The Kier molecular flexibility index (Phi) is 3.82. The fourth-order valence-corrected chi connectivity index (χ4v) is 0.856. The number of para-hydroxylation sites is 1. The monoisotopic (exact) mass is 208 g/mol. The van der Waals surface area contributed by atoms with Crippen molar-refractivity contribution in [2.24, 2.45) is 5.10 Å². The highest BCUT2D eigenvalue weighted by molar-refractivity contribution is 5.85. The van der Waals surface area contributed by atoms with Crippen LogP contribution >= 0.6 is 0 Å². The number of benzene rings is 1. The largest absolute Gasteiger partial charge is 0.507 e. The number of phenols is 1. The zero-order valence-electron chi connectivity index (χ0n) is 8.21. The van der Waals surface area contributed by atoms with Crippen molar-refractivity contribution in [3.63, 3.8) is 0 Å². The summed E-state index contributed by atoms with van der Waals surface area (Å²) in [5.41, 5.74) is 2.62. The molecule has 0 aromatic heterocycles. The standard InChI is InChI=1S/C10H12N2O3/c1-7(13)10(15)12-11-6-8-4-2-3-5-9(8)14/h2-7,13-14H,1H3,(H,12,15)/b11-6+/t7-/m1/s1. The molecule has 80 valence electrons. The number of nitrogens with one attached hydrogen (secondary N) is 1. The van der Waals surface area contributed by atoms with E-state index in [0.29, 0.717) is 5.56 Å². The van der Waals surface area contributed by atoms with Gasteiger partial charge in [-0.2, -0.15) is 5.10 Å². The number of phenolic OH excluding ortho intramolecular Hbond substituents is 1. The second-order valence-corrected chi connectivity index (χ2v) is 2.97. The average molecular weight is 208 g/mol. The maximum atomic E-state index is 10.9. The number of hydrogen-bond donors (Lipinski definition) is 3. The number of nitrogens with zero attached hydrogens (tertiary/aromatic N) is 1. The first-order chi connectivity index (χ1) is 7.11. The molecule has 0 radical (unpaired) electrons. The number of amides is 1. The van der Waals surface area contributed by atoms with Crippen LogP contribution < -0.4 is 5.43 Å². The van der Waals surface area contributed by atoms with Gasteiger partial charge in [0, 0.05) is 5.56 Å². The summed E-state index contributed by atoms with van der Waals surface area (Å²) in [5, 5.41) is 21.7. The van der Waals surface area contributed by atoms with Gasteiger partial charge < -0.3 is 10.2 Å². The first kappa shape index (κ1) is 11.2. The van der Waals surface area contributed by atoms with E-state index in [2.05, 4.69) is 10.5 Å². The molecule has 0 aliphatic heterocycles. The number of aliphatic hydroxyl groups excluding tert-OH is 1. The number of aromatic hydroxyl groups is 1. The van der Waals surface area contributed by atoms with Gasteiger partial charge in [-0.3, -0.25) is 4.79 Å². The fourth-order valence-electron chi connectivity index (χ4n) is 0.856.